The summed E-state index contributed by atoms with van der Waals surface area (Å²) in [6, 6.07) is 6.21. The van der Waals surface area contributed by atoms with E-state index in [0.717, 1.165) is 0 Å². The second kappa shape index (κ2) is 5.27. The number of hydrogen-bond acceptors (Lipinski definition) is 4. The van der Waals surface area contributed by atoms with Crippen LogP contribution in [-0.2, 0) is 10.0 Å². The molecular formula is C11H15N3O2S. The average molecular weight is 253 g/mol. The Morgan fingerprint density at radius 2 is 2.18 bits per heavy atom. The highest BCUT2D eigenvalue weighted by Gasteiger charge is 2.17. The van der Waals surface area contributed by atoms with Crippen molar-refractivity contribution in [3.8, 4) is 6.07 Å². The molecule has 0 aliphatic rings. The minimum absolute atomic E-state index is 0.122. The molecule has 0 aliphatic heterocycles. The standard InChI is InChI=1S/C11H15N3O2S/c1-8-3-4-10(6-12)5-11(8)17(15,16)14-7-9(2)13/h3-5,9,14H,7,13H2,1-2H3. The number of nitriles is 1. The van der Waals surface area contributed by atoms with Gasteiger partial charge in [0.1, 0.15) is 0 Å². The van der Waals surface area contributed by atoms with Crippen molar-refractivity contribution in [3.63, 3.8) is 0 Å². The fraction of sp³-hybridized carbons (Fsp3) is 0.364. The minimum Gasteiger partial charge on any atom is -0.327 e. The van der Waals surface area contributed by atoms with E-state index < -0.39 is 10.0 Å². The molecule has 1 rings (SSSR count). The fourth-order valence-corrected chi connectivity index (χ4v) is 2.69. The number of hydrogen-bond donors (Lipinski definition) is 2. The minimum atomic E-state index is -3.60. The summed E-state index contributed by atoms with van der Waals surface area (Å²) in [4.78, 5) is 0.122. The topological polar surface area (TPSA) is 96.0 Å². The molecule has 1 aromatic carbocycles. The number of benzene rings is 1. The molecule has 0 aromatic heterocycles. The lowest BCUT2D eigenvalue weighted by atomic mass is 10.2. The molecule has 0 saturated carbocycles. The molecular weight excluding hydrogens is 238 g/mol. The van der Waals surface area contributed by atoms with Crippen LogP contribution in [0.2, 0.25) is 0 Å². The first-order chi connectivity index (χ1) is 7.86. The van der Waals surface area contributed by atoms with Crippen molar-refractivity contribution in [1.29, 1.82) is 5.26 Å². The first-order valence-corrected chi connectivity index (χ1v) is 6.61. The van der Waals surface area contributed by atoms with E-state index in [1.807, 2.05) is 6.07 Å². The van der Waals surface area contributed by atoms with Gasteiger partial charge in [0.25, 0.3) is 0 Å². The summed E-state index contributed by atoms with van der Waals surface area (Å²) in [6.07, 6.45) is 0. The molecule has 0 heterocycles. The van der Waals surface area contributed by atoms with Gasteiger partial charge in [-0.25, -0.2) is 13.1 Å². The monoisotopic (exact) mass is 253 g/mol. The molecule has 1 aromatic rings. The van der Waals surface area contributed by atoms with Crippen LogP contribution in [0.1, 0.15) is 18.1 Å². The van der Waals surface area contributed by atoms with Crippen molar-refractivity contribution in [3.05, 3.63) is 29.3 Å². The third kappa shape index (κ3) is 3.53. The number of nitrogens with zero attached hydrogens (tertiary/aromatic N) is 1. The normalized spacial score (nSPS) is 13.1. The molecule has 0 saturated heterocycles. The van der Waals surface area contributed by atoms with Gasteiger partial charge in [-0.3, -0.25) is 0 Å². The van der Waals surface area contributed by atoms with Crippen LogP contribution in [-0.4, -0.2) is 21.0 Å². The molecule has 1 atom stereocenters. The lowest BCUT2D eigenvalue weighted by Gasteiger charge is -2.11. The maximum atomic E-state index is 11.9. The highest BCUT2D eigenvalue weighted by Crippen LogP contribution is 2.16. The van der Waals surface area contributed by atoms with Gasteiger partial charge >= 0.3 is 0 Å². The van der Waals surface area contributed by atoms with E-state index in [1.165, 1.54) is 6.07 Å². The van der Waals surface area contributed by atoms with Crippen LogP contribution in [0.3, 0.4) is 0 Å². The van der Waals surface area contributed by atoms with Crippen LogP contribution in [0.5, 0.6) is 0 Å². The molecule has 5 nitrogen and oxygen atoms in total. The number of sulfonamides is 1. The summed E-state index contributed by atoms with van der Waals surface area (Å²) >= 11 is 0. The zero-order valence-corrected chi connectivity index (χ0v) is 10.6. The quantitative estimate of drug-likeness (QED) is 0.816. The van der Waals surface area contributed by atoms with Crippen LogP contribution >= 0.6 is 0 Å². The van der Waals surface area contributed by atoms with E-state index >= 15 is 0 Å². The third-order valence-electron chi connectivity index (χ3n) is 2.20. The maximum absolute atomic E-state index is 11.9. The Balaban J connectivity index is 3.11. The van der Waals surface area contributed by atoms with E-state index in [1.54, 1.807) is 26.0 Å². The Bertz CT molecular complexity index is 544. The van der Waals surface area contributed by atoms with Gasteiger partial charge in [-0.15, -0.1) is 0 Å². The number of nitrogens with one attached hydrogen (secondary N) is 1. The van der Waals surface area contributed by atoms with E-state index in [4.69, 9.17) is 11.0 Å². The van der Waals surface area contributed by atoms with Crippen molar-refractivity contribution in [2.24, 2.45) is 5.73 Å². The highest BCUT2D eigenvalue weighted by atomic mass is 32.2. The average Bonchev–Trinajstić information content (AvgIpc) is 2.27. The van der Waals surface area contributed by atoms with Gasteiger partial charge in [-0.05, 0) is 31.5 Å². The van der Waals surface area contributed by atoms with E-state index in [0.29, 0.717) is 11.1 Å². The number of aryl methyl sites for hydroxylation is 1. The van der Waals surface area contributed by atoms with Crippen LogP contribution < -0.4 is 10.5 Å². The molecule has 0 aliphatic carbocycles. The first-order valence-electron chi connectivity index (χ1n) is 5.13. The summed E-state index contributed by atoms with van der Waals surface area (Å²) in [6.45, 7) is 3.56. The van der Waals surface area contributed by atoms with Gasteiger partial charge in [-0.1, -0.05) is 6.07 Å². The molecule has 3 N–H and O–H groups in total. The molecule has 0 fully saturated rings. The highest BCUT2D eigenvalue weighted by molar-refractivity contribution is 7.89. The van der Waals surface area contributed by atoms with Gasteiger partial charge in [0.05, 0.1) is 16.5 Å². The van der Waals surface area contributed by atoms with Gasteiger partial charge in [0, 0.05) is 12.6 Å². The Kier molecular flexibility index (Phi) is 4.23. The van der Waals surface area contributed by atoms with E-state index in [-0.39, 0.29) is 17.5 Å². The predicted molar refractivity (Wildman–Crippen MR) is 64.7 cm³/mol. The number of nitrogens with two attached hydrogens (primary N) is 1. The summed E-state index contributed by atoms with van der Waals surface area (Å²) in [7, 11) is -3.60. The van der Waals surface area contributed by atoms with Crippen molar-refractivity contribution in [2.45, 2.75) is 24.8 Å². The predicted octanol–water partition coefficient (Wildman–Crippen LogP) is 0.492. The van der Waals surface area contributed by atoms with Crippen LogP contribution in [0.15, 0.2) is 23.1 Å². The lowest BCUT2D eigenvalue weighted by Crippen LogP contribution is -2.35. The largest absolute Gasteiger partial charge is 0.327 e. The van der Waals surface area contributed by atoms with E-state index in [9.17, 15) is 8.42 Å². The zero-order chi connectivity index (χ0) is 13.1. The van der Waals surface area contributed by atoms with Crippen LogP contribution in [0.25, 0.3) is 0 Å². The Morgan fingerprint density at radius 3 is 2.71 bits per heavy atom. The molecule has 0 radical (unpaired) electrons. The number of rotatable bonds is 4. The maximum Gasteiger partial charge on any atom is 0.240 e. The van der Waals surface area contributed by atoms with Crippen molar-refractivity contribution < 1.29 is 8.42 Å². The van der Waals surface area contributed by atoms with Crippen molar-refractivity contribution in [1.82, 2.24) is 4.72 Å². The summed E-state index contributed by atoms with van der Waals surface area (Å²) in [5.74, 6) is 0. The SMILES string of the molecule is Cc1ccc(C#N)cc1S(=O)(=O)NCC(C)N. The molecule has 0 spiro atoms. The third-order valence-corrected chi connectivity index (χ3v) is 3.77. The van der Waals surface area contributed by atoms with Crippen LogP contribution in [0, 0.1) is 18.3 Å². The van der Waals surface area contributed by atoms with Crippen molar-refractivity contribution >= 4 is 10.0 Å². The molecule has 1 unspecified atom stereocenters. The summed E-state index contributed by atoms with van der Waals surface area (Å²) in [5.41, 5.74) is 6.41. The first kappa shape index (κ1) is 13.6. The second-order valence-electron chi connectivity index (χ2n) is 3.92. The van der Waals surface area contributed by atoms with Gasteiger partial charge in [0.2, 0.25) is 10.0 Å². The lowest BCUT2D eigenvalue weighted by molar-refractivity contribution is 0.573. The summed E-state index contributed by atoms with van der Waals surface area (Å²) in [5, 5.41) is 8.75. The van der Waals surface area contributed by atoms with E-state index in [2.05, 4.69) is 4.72 Å². The van der Waals surface area contributed by atoms with Gasteiger partial charge in [0.15, 0.2) is 0 Å². The molecule has 0 amide bonds. The summed E-state index contributed by atoms with van der Waals surface area (Å²) < 4.78 is 26.3. The zero-order valence-electron chi connectivity index (χ0n) is 9.77. The van der Waals surface area contributed by atoms with Gasteiger partial charge < -0.3 is 5.73 Å². The molecule has 6 heteroatoms. The van der Waals surface area contributed by atoms with Gasteiger partial charge in [-0.2, -0.15) is 5.26 Å². The molecule has 17 heavy (non-hydrogen) atoms. The Hall–Kier alpha value is -1.42. The second-order valence-corrected chi connectivity index (χ2v) is 5.66. The molecule has 0 bridgehead atoms. The smallest absolute Gasteiger partial charge is 0.240 e. The van der Waals surface area contributed by atoms with Crippen LogP contribution in [0.4, 0.5) is 0 Å². The fourth-order valence-electron chi connectivity index (χ4n) is 1.28. The Labute approximate surface area is 101 Å². The van der Waals surface area contributed by atoms with Crippen molar-refractivity contribution in [2.75, 3.05) is 6.54 Å². The molecule has 92 valence electrons. The Morgan fingerprint density at radius 1 is 1.53 bits per heavy atom.